The van der Waals surface area contributed by atoms with Gasteiger partial charge in [0.25, 0.3) is 0 Å². The number of nitrogens with zero attached hydrogens (tertiary/aromatic N) is 3. The number of nitrogens with one attached hydrogen (secondary N) is 2. The number of hydrogen-bond acceptors (Lipinski definition) is 4. The summed E-state index contributed by atoms with van der Waals surface area (Å²) in [6.07, 6.45) is 10.0. The van der Waals surface area contributed by atoms with Crippen LogP contribution in [0.1, 0.15) is 62.2 Å². The van der Waals surface area contributed by atoms with Gasteiger partial charge in [-0.05, 0) is 31.6 Å². The van der Waals surface area contributed by atoms with Gasteiger partial charge in [-0.3, -0.25) is 14.3 Å². The molecule has 2 aliphatic heterocycles. The SMILES string of the molecule is Cn1ncc2c1CCNC2C(=O)N1CCC(NC(=O)CC2CCCC2)CC1. The molecule has 1 saturated heterocycles. The summed E-state index contributed by atoms with van der Waals surface area (Å²) in [5.74, 6) is 0.915. The van der Waals surface area contributed by atoms with E-state index in [2.05, 4.69) is 15.7 Å². The number of aromatic nitrogens is 2. The number of amides is 2. The molecule has 148 valence electrons. The highest BCUT2D eigenvalue weighted by Gasteiger charge is 2.33. The Labute approximate surface area is 160 Å². The minimum Gasteiger partial charge on any atom is -0.353 e. The predicted octanol–water partition coefficient (Wildman–Crippen LogP) is 1.29. The molecule has 7 heteroatoms. The molecular weight excluding hydrogens is 342 g/mol. The lowest BCUT2D eigenvalue weighted by Gasteiger charge is -2.35. The van der Waals surface area contributed by atoms with Crippen LogP contribution in [0.5, 0.6) is 0 Å². The Bertz CT molecular complexity index is 687. The second-order valence-corrected chi connectivity index (χ2v) is 8.33. The van der Waals surface area contributed by atoms with Crippen LogP contribution in [0.4, 0.5) is 0 Å². The predicted molar refractivity (Wildman–Crippen MR) is 102 cm³/mol. The molecule has 0 radical (unpaired) electrons. The highest BCUT2D eigenvalue weighted by molar-refractivity contribution is 5.84. The van der Waals surface area contributed by atoms with E-state index in [-0.39, 0.29) is 23.9 Å². The number of fused-ring (bicyclic) bond motifs is 1. The molecule has 1 atom stereocenters. The normalized spacial score (nSPS) is 24.0. The minimum absolute atomic E-state index is 0.139. The molecule has 0 bridgehead atoms. The quantitative estimate of drug-likeness (QED) is 0.834. The topological polar surface area (TPSA) is 79.3 Å². The molecule has 1 saturated carbocycles. The van der Waals surface area contributed by atoms with Crippen LogP contribution in [-0.2, 0) is 23.1 Å². The largest absolute Gasteiger partial charge is 0.353 e. The highest BCUT2D eigenvalue weighted by Crippen LogP contribution is 2.28. The summed E-state index contributed by atoms with van der Waals surface area (Å²) in [5.41, 5.74) is 2.17. The molecule has 3 aliphatic rings. The average molecular weight is 374 g/mol. The third kappa shape index (κ3) is 4.03. The van der Waals surface area contributed by atoms with Crippen molar-refractivity contribution in [1.82, 2.24) is 25.3 Å². The number of rotatable bonds is 4. The van der Waals surface area contributed by atoms with Gasteiger partial charge < -0.3 is 15.5 Å². The van der Waals surface area contributed by atoms with E-state index in [4.69, 9.17) is 0 Å². The van der Waals surface area contributed by atoms with Gasteiger partial charge in [-0.15, -0.1) is 0 Å². The van der Waals surface area contributed by atoms with Gasteiger partial charge in [-0.1, -0.05) is 12.8 Å². The van der Waals surface area contributed by atoms with E-state index < -0.39 is 0 Å². The molecule has 2 fully saturated rings. The van der Waals surface area contributed by atoms with Crippen molar-refractivity contribution in [3.8, 4) is 0 Å². The van der Waals surface area contributed by atoms with Crippen LogP contribution in [0.25, 0.3) is 0 Å². The van der Waals surface area contributed by atoms with Gasteiger partial charge in [0.2, 0.25) is 11.8 Å². The number of piperidine rings is 1. The first kappa shape index (κ1) is 18.5. The second-order valence-electron chi connectivity index (χ2n) is 8.33. The average Bonchev–Trinajstić information content (AvgIpc) is 3.32. The number of carbonyl (C=O) groups excluding carboxylic acids is 2. The molecule has 2 amide bonds. The summed E-state index contributed by atoms with van der Waals surface area (Å²) in [6.45, 7) is 2.22. The smallest absolute Gasteiger partial charge is 0.244 e. The van der Waals surface area contributed by atoms with Crippen molar-refractivity contribution in [2.24, 2.45) is 13.0 Å². The lowest BCUT2D eigenvalue weighted by atomic mass is 9.98. The van der Waals surface area contributed by atoms with Crippen LogP contribution >= 0.6 is 0 Å². The molecule has 7 nitrogen and oxygen atoms in total. The van der Waals surface area contributed by atoms with Gasteiger partial charge in [0, 0.05) is 56.8 Å². The zero-order chi connectivity index (χ0) is 18.8. The maximum absolute atomic E-state index is 13.0. The number of likely N-dealkylation sites (tertiary alicyclic amines) is 1. The molecule has 1 aromatic heterocycles. The Morgan fingerprint density at radius 1 is 1.22 bits per heavy atom. The first-order valence-electron chi connectivity index (χ1n) is 10.4. The first-order valence-corrected chi connectivity index (χ1v) is 10.4. The summed E-state index contributed by atoms with van der Waals surface area (Å²) >= 11 is 0. The number of hydrogen-bond donors (Lipinski definition) is 2. The Morgan fingerprint density at radius 3 is 2.70 bits per heavy atom. The molecule has 2 N–H and O–H groups in total. The van der Waals surface area contributed by atoms with E-state index in [0.29, 0.717) is 25.4 Å². The zero-order valence-electron chi connectivity index (χ0n) is 16.2. The summed E-state index contributed by atoms with van der Waals surface area (Å²) in [4.78, 5) is 27.2. The fraction of sp³-hybridized carbons (Fsp3) is 0.750. The van der Waals surface area contributed by atoms with Crippen molar-refractivity contribution in [3.63, 3.8) is 0 Å². The van der Waals surface area contributed by atoms with E-state index in [0.717, 1.165) is 37.1 Å². The lowest BCUT2D eigenvalue weighted by Crippen LogP contribution is -2.50. The standard InChI is InChI=1S/C20H31N5O2/c1-24-17-6-9-21-19(16(17)13-22-24)20(27)25-10-7-15(8-11-25)23-18(26)12-14-4-2-3-5-14/h13-15,19,21H,2-12H2,1H3,(H,23,26). The maximum atomic E-state index is 13.0. The van der Waals surface area contributed by atoms with Crippen molar-refractivity contribution < 1.29 is 9.59 Å². The second kappa shape index (κ2) is 8.00. The molecule has 0 aromatic carbocycles. The van der Waals surface area contributed by atoms with Gasteiger partial charge in [-0.2, -0.15) is 5.10 Å². The van der Waals surface area contributed by atoms with Crippen LogP contribution in [0.15, 0.2) is 6.20 Å². The molecule has 4 rings (SSSR count). The van der Waals surface area contributed by atoms with Crippen molar-refractivity contribution in [1.29, 1.82) is 0 Å². The van der Waals surface area contributed by atoms with Gasteiger partial charge in [0.15, 0.2) is 0 Å². The van der Waals surface area contributed by atoms with Gasteiger partial charge in [0.05, 0.1) is 6.20 Å². The fourth-order valence-electron chi connectivity index (χ4n) is 4.88. The molecule has 1 aliphatic carbocycles. The molecule has 0 spiro atoms. The summed E-state index contributed by atoms with van der Waals surface area (Å²) in [6, 6.07) is -0.0767. The Morgan fingerprint density at radius 2 is 1.96 bits per heavy atom. The van der Waals surface area contributed by atoms with E-state index >= 15 is 0 Å². The first-order chi connectivity index (χ1) is 13.1. The van der Waals surface area contributed by atoms with Gasteiger partial charge in [-0.25, -0.2) is 0 Å². The molecule has 27 heavy (non-hydrogen) atoms. The summed E-state index contributed by atoms with van der Waals surface area (Å²) in [7, 11) is 1.94. The van der Waals surface area contributed by atoms with E-state index in [1.807, 2.05) is 22.8 Å². The molecular formula is C20H31N5O2. The van der Waals surface area contributed by atoms with Crippen LogP contribution in [0.3, 0.4) is 0 Å². The van der Waals surface area contributed by atoms with E-state index in [1.165, 1.54) is 25.7 Å². The van der Waals surface area contributed by atoms with Crippen molar-refractivity contribution in [3.05, 3.63) is 17.5 Å². The van der Waals surface area contributed by atoms with Gasteiger partial charge >= 0.3 is 0 Å². The van der Waals surface area contributed by atoms with Crippen LogP contribution in [0.2, 0.25) is 0 Å². The third-order valence-corrected chi connectivity index (χ3v) is 6.48. The molecule has 1 aromatic rings. The maximum Gasteiger partial charge on any atom is 0.244 e. The van der Waals surface area contributed by atoms with Crippen molar-refractivity contribution >= 4 is 11.8 Å². The zero-order valence-corrected chi connectivity index (χ0v) is 16.2. The van der Waals surface area contributed by atoms with Crippen LogP contribution < -0.4 is 10.6 Å². The highest BCUT2D eigenvalue weighted by atomic mass is 16.2. The number of aryl methyl sites for hydroxylation is 1. The Hall–Kier alpha value is -1.89. The molecule has 1 unspecified atom stereocenters. The Kier molecular flexibility index (Phi) is 5.48. The van der Waals surface area contributed by atoms with E-state index in [1.54, 1.807) is 0 Å². The summed E-state index contributed by atoms with van der Waals surface area (Å²) < 4.78 is 1.88. The fourth-order valence-corrected chi connectivity index (χ4v) is 4.88. The monoisotopic (exact) mass is 373 g/mol. The van der Waals surface area contributed by atoms with Crippen LogP contribution in [-0.4, -0.2) is 52.2 Å². The van der Waals surface area contributed by atoms with Crippen molar-refractivity contribution in [2.45, 2.75) is 63.5 Å². The van der Waals surface area contributed by atoms with Gasteiger partial charge in [0.1, 0.15) is 6.04 Å². The van der Waals surface area contributed by atoms with Crippen LogP contribution in [0, 0.1) is 5.92 Å². The summed E-state index contributed by atoms with van der Waals surface area (Å²) in [5, 5.41) is 10.9. The van der Waals surface area contributed by atoms with E-state index in [9.17, 15) is 9.59 Å². The molecule has 3 heterocycles. The Balaban J connectivity index is 1.28. The minimum atomic E-state index is -0.282. The van der Waals surface area contributed by atoms with Crippen molar-refractivity contribution in [2.75, 3.05) is 19.6 Å². The number of carbonyl (C=O) groups is 2. The third-order valence-electron chi connectivity index (χ3n) is 6.48. The lowest BCUT2D eigenvalue weighted by molar-refractivity contribution is -0.135.